The summed E-state index contributed by atoms with van der Waals surface area (Å²) >= 11 is 0. The van der Waals surface area contributed by atoms with Gasteiger partial charge in [0.15, 0.2) is 0 Å². The van der Waals surface area contributed by atoms with Crippen LogP contribution in [-0.2, 0) is 11.2 Å². The van der Waals surface area contributed by atoms with Crippen LogP contribution in [0.15, 0.2) is 24.4 Å². The fourth-order valence-corrected chi connectivity index (χ4v) is 2.20. The molecule has 0 aliphatic carbocycles. The SMILES string of the molecule is CN(C)CCNC(=O)[C@@H](N)Cc1c[nH]c2ccc(O)cc12. The number of carbonyl (C=O) groups is 1. The average Bonchev–Trinajstić information content (AvgIpc) is 2.80. The average molecular weight is 290 g/mol. The van der Waals surface area contributed by atoms with Gasteiger partial charge in [-0.1, -0.05) is 0 Å². The first-order chi connectivity index (χ1) is 9.97. The second-order valence-corrected chi connectivity index (χ2v) is 5.45. The lowest BCUT2D eigenvalue weighted by molar-refractivity contribution is -0.122. The van der Waals surface area contributed by atoms with Gasteiger partial charge >= 0.3 is 0 Å². The lowest BCUT2D eigenvalue weighted by atomic mass is 10.0. The van der Waals surface area contributed by atoms with Gasteiger partial charge in [-0.25, -0.2) is 0 Å². The van der Waals surface area contributed by atoms with Crippen LogP contribution in [0.3, 0.4) is 0 Å². The van der Waals surface area contributed by atoms with Crippen LogP contribution in [-0.4, -0.2) is 54.1 Å². The molecule has 1 amide bonds. The van der Waals surface area contributed by atoms with E-state index in [9.17, 15) is 9.90 Å². The summed E-state index contributed by atoms with van der Waals surface area (Å²) in [6.45, 7) is 1.35. The van der Waals surface area contributed by atoms with E-state index in [4.69, 9.17) is 5.73 Å². The Balaban J connectivity index is 1.99. The number of nitrogens with two attached hydrogens (primary N) is 1. The van der Waals surface area contributed by atoms with E-state index in [1.807, 2.05) is 25.2 Å². The predicted octanol–water partition coefficient (Wildman–Crippen LogP) is 0.421. The number of amides is 1. The molecule has 1 aromatic heterocycles. The summed E-state index contributed by atoms with van der Waals surface area (Å²) < 4.78 is 0. The van der Waals surface area contributed by atoms with E-state index in [0.29, 0.717) is 13.0 Å². The topological polar surface area (TPSA) is 94.4 Å². The molecule has 0 aliphatic heterocycles. The van der Waals surface area contributed by atoms with Crippen molar-refractivity contribution in [2.45, 2.75) is 12.5 Å². The van der Waals surface area contributed by atoms with Crippen LogP contribution >= 0.6 is 0 Å². The number of aromatic hydroxyl groups is 1. The first kappa shape index (κ1) is 15.3. The maximum Gasteiger partial charge on any atom is 0.237 e. The highest BCUT2D eigenvalue weighted by atomic mass is 16.3. The summed E-state index contributed by atoms with van der Waals surface area (Å²) in [5, 5.41) is 13.3. The van der Waals surface area contributed by atoms with Crippen molar-refractivity contribution in [1.82, 2.24) is 15.2 Å². The Morgan fingerprint density at radius 2 is 2.24 bits per heavy atom. The second-order valence-electron chi connectivity index (χ2n) is 5.45. The van der Waals surface area contributed by atoms with Crippen LogP contribution in [0.4, 0.5) is 0 Å². The monoisotopic (exact) mass is 290 g/mol. The minimum absolute atomic E-state index is 0.161. The van der Waals surface area contributed by atoms with Crippen molar-refractivity contribution in [2.24, 2.45) is 5.73 Å². The number of nitrogens with one attached hydrogen (secondary N) is 2. The summed E-state index contributed by atoms with van der Waals surface area (Å²) in [6, 6.07) is 4.50. The van der Waals surface area contributed by atoms with Gasteiger partial charge in [0, 0.05) is 30.2 Å². The van der Waals surface area contributed by atoms with E-state index in [1.165, 1.54) is 0 Å². The number of carbonyl (C=O) groups excluding carboxylic acids is 1. The van der Waals surface area contributed by atoms with Crippen molar-refractivity contribution in [3.63, 3.8) is 0 Å². The minimum Gasteiger partial charge on any atom is -0.508 e. The van der Waals surface area contributed by atoms with Crippen molar-refractivity contribution in [2.75, 3.05) is 27.2 Å². The van der Waals surface area contributed by atoms with Crippen LogP contribution in [0.1, 0.15) is 5.56 Å². The summed E-state index contributed by atoms with van der Waals surface area (Å²) in [5.74, 6) is 0.0405. The fourth-order valence-electron chi connectivity index (χ4n) is 2.20. The van der Waals surface area contributed by atoms with E-state index in [0.717, 1.165) is 23.0 Å². The minimum atomic E-state index is -0.603. The summed E-state index contributed by atoms with van der Waals surface area (Å²) in [4.78, 5) is 17.0. The number of hydrogen-bond acceptors (Lipinski definition) is 4. The maximum absolute atomic E-state index is 11.9. The van der Waals surface area contributed by atoms with Crippen molar-refractivity contribution in [1.29, 1.82) is 0 Å². The number of hydrogen-bond donors (Lipinski definition) is 4. The van der Waals surface area contributed by atoms with Gasteiger partial charge in [0.05, 0.1) is 6.04 Å². The molecule has 0 radical (unpaired) electrons. The highest BCUT2D eigenvalue weighted by molar-refractivity contribution is 5.86. The van der Waals surface area contributed by atoms with E-state index in [-0.39, 0.29) is 11.7 Å². The van der Waals surface area contributed by atoms with Gasteiger partial charge in [-0.2, -0.15) is 0 Å². The third-order valence-electron chi connectivity index (χ3n) is 3.39. The number of nitrogens with zero attached hydrogens (tertiary/aromatic N) is 1. The Kier molecular flexibility index (Phi) is 4.82. The standard InChI is InChI=1S/C15H22N4O2/c1-19(2)6-5-17-15(21)13(16)7-10-9-18-14-4-3-11(20)8-12(10)14/h3-4,8-9,13,18,20H,5-7,16H2,1-2H3,(H,17,21)/t13-/m0/s1. The summed E-state index contributed by atoms with van der Waals surface area (Å²) in [5.41, 5.74) is 7.80. The number of rotatable bonds is 6. The molecule has 2 aromatic rings. The molecule has 1 aromatic carbocycles. The van der Waals surface area contributed by atoms with E-state index in [2.05, 4.69) is 10.3 Å². The molecule has 6 heteroatoms. The molecule has 1 atom stereocenters. The Labute approximate surface area is 123 Å². The van der Waals surface area contributed by atoms with Crippen LogP contribution < -0.4 is 11.1 Å². The van der Waals surface area contributed by atoms with Crippen molar-refractivity contribution in [3.8, 4) is 5.75 Å². The van der Waals surface area contributed by atoms with E-state index >= 15 is 0 Å². The third kappa shape index (κ3) is 3.96. The highest BCUT2D eigenvalue weighted by Crippen LogP contribution is 2.23. The van der Waals surface area contributed by atoms with Crippen molar-refractivity contribution >= 4 is 16.8 Å². The highest BCUT2D eigenvalue weighted by Gasteiger charge is 2.16. The van der Waals surface area contributed by atoms with Gasteiger partial charge in [0.25, 0.3) is 0 Å². The van der Waals surface area contributed by atoms with Gasteiger partial charge < -0.3 is 26.0 Å². The van der Waals surface area contributed by atoms with Gasteiger partial charge in [-0.05, 0) is 44.3 Å². The molecular formula is C15H22N4O2. The van der Waals surface area contributed by atoms with Crippen LogP contribution in [0.2, 0.25) is 0 Å². The molecule has 0 fully saturated rings. The smallest absolute Gasteiger partial charge is 0.237 e. The van der Waals surface area contributed by atoms with E-state index < -0.39 is 6.04 Å². The predicted molar refractivity (Wildman–Crippen MR) is 83.2 cm³/mol. The Morgan fingerprint density at radius 1 is 1.48 bits per heavy atom. The molecule has 0 bridgehead atoms. The normalized spacial score (nSPS) is 12.8. The fraction of sp³-hybridized carbons (Fsp3) is 0.400. The largest absolute Gasteiger partial charge is 0.508 e. The molecule has 21 heavy (non-hydrogen) atoms. The molecule has 0 saturated carbocycles. The number of phenols is 1. The zero-order valence-corrected chi connectivity index (χ0v) is 12.4. The number of aromatic nitrogens is 1. The van der Waals surface area contributed by atoms with Gasteiger partial charge in [-0.3, -0.25) is 4.79 Å². The summed E-state index contributed by atoms with van der Waals surface area (Å²) in [6.07, 6.45) is 2.26. The zero-order chi connectivity index (χ0) is 15.4. The Hall–Kier alpha value is -2.05. The molecule has 1 heterocycles. The lowest BCUT2D eigenvalue weighted by Gasteiger charge is -2.14. The van der Waals surface area contributed by atoms with Crippen LogP contribution in [0.5, 0.6) is 5.75 Å². The first-order valence-corrected chi connectivity index (χ1v) is 6.94. The number of aromatic amines is 1. The number of phenolic OH excluding ortho intramolecular Hbond substituents is 1. The number of fused-ring (bicyclic) bond motifs is 1. The van der Waals surface area contributed by atoms with Gasteiger partial charge in [0.1, 0.15) is 5.75 Å². The lowest BCUT2D eigenvalue weighted by Crippen LogP contribution is -2.44. The van der Waals surface area contributed by atoms with Crippen molar-refractivity contribution in [3.05, 3.63) is 30.0 Å². The first-order valence-electron chi connectivity index (χ1n) is 6.94. The molecule has 6 nitrogen and oxygen atoms in total. The zero-order valence-electron chi connectivity index (χ0n) is 12.4. The molecule has 2 rings (SSSR count). The van der Waals surface area contributed by atoms with Crippen LogP contribution in [0, 0.1) is 0 Å². The quantitative estimate of drug-likeness (QED) is 0.620. The Morgan fingerprint density at radius 3 is 2.95 bits per heavy atom. The number of likely N-dealkylation sites (N-methyl/N-ethyl adjacent to an activating group) is 1. The second kappa shape index (κ2) is 6.60. The maximum atomic E-state index is 11.9. The Bertz CT molecular complexity index is 621. The van der Waals surface area contributed by atoms with Crippen LogP contribution in [0.25, 0.3) is 10.9 Å². The number of H-pyrrole nitrogens is 1. The molecule has 0 unspecified atom stereocenters. The van der Waals surface area contributed by atoms with E-state index in [1.54, 1.807) is 18.2 Å². The molecule has 0 spiro atoms. The molecule has 0 aliphatic rings. The van der Waals surface area contributed by atoms with Gasteiger partial charge in [-0.15, -0.1) is 0 Å². The third-order valence-corrected chi connectivity index (χ3v) is 3.39. The molecule has 114 valence electrons. The molecule has 5 N–H and O–H groups in total. The molecule has 0 saturated heterocycles. The van der Waals surface area contributed by atoms with Crippen molar-refractivity contribution < 1.29 is 9.90 Å². The molecular weight excluding hydrogens is 268 g/mol. The van der Waals surface area contributed by atoms with Gasteiger partial charge in [0.2, 0.25) is 5.91 Å². The number of benzene rings is 1. The summed E-state index contributed by atoms with van der Waals surface area (Å²) in [7, 11) is 3.90.